The molecule has 3 aromatic carbocycles. The lowest BCUT2D eigenvalue weighted by Crippen LogP contribution is -2.12. The van der Waals surface area contributed by atoms with Gasteiger partial charge in [-0.05, 0) is 42.0 Å². The van der Waals surface area contributed by atoms with E-state index in [0.29, 0.717) is 17.9 Å². The largest absolute Gasteiger partial charge is 0.507 e. The summed E-state index contributed by atoms with van der Waals surface area (Å²) >= 11 is 0. The molecule has 0 atom stereocenters. The van der Waals surface area contributed by atoms with Crippen LogP contribution in [0.1, 0.15) is 26.3 Å². The van der Waals surface area contributed by atoms with Gasteiger partial charge in [0.1, 0.15) is 23.7 Å². The van der Waals surface area contributed by atoms with Crippen molar-refractivity contribution < 1.29 is 24.5 Å². The van der Waals surface area contributed by atoms with Crippen molar-refractivity contribution in [3.63, 3.8) is 0 Å². The fourth-order valence-corrected chi connectivity index (χ4v) is 2.43. The third-order valence-corrected chi connectivity index (χ3v) is 3.85. The minimum Gasteiger partial charge on any atom is -0.507 e. The number of carbonyl (C=O) groups is 2. The molecule has 6 nitrogen and oxygen atoms in total. The third kappa shape index (κ3) is 4.64. The number of aromatic carboxylic acids is 1. The Hall–Kier alpha value is -3.80. The van der Waals surface area contributed by atoms with Crippen molar-refractivity contribution in [1.82, 2.24) is 0 Å². The summed E-state index contributed by atoms with van der Waals surface area (Å²) in [6.45, 7) is 0.385. The Bertz CT molecular complexity index is 952. The first-order chi connectivity index (χ1) is 13.0. The number of benzene rings is 3. The van der Waals surface area contributed by atoms with E-state index < -0.39 is 11.7 Å². The van der Waals surface area contributed by atoms with E-state index in [-0.39, 0.29) is 11.5 Å². The maximum Gasteiger partial charge on any atom is 0.339 e. The van der Waals surface area contributed by atoms with E-state index in [2.05, 4.69) is 5.32 Å². The smallest absolute Gasteiger partial charge is 0.339 e. The Labute approximate surface area is 155 Å². The van der Waals surface area contributed by atoms with Gasteiger partial charge in [0.25, 0.3) is 5.91 Å². The average molecular weight is 363 g/mol. The van der Waals surface area contributed by atoms with Gasteiger partial charge >= 0.3 is 5.97 Å². The second-order valence-electron chi connectivity index (χ2n) is 5.79. The van der Waals surface area contributed by atoms with Crippen LogP contribution in [0.2, 0.25) is 0 Å². The summed E-state index contributed by atoms with van der Waals surface area (Å²) in [5.41, 5.74) is 1.42. The van der Waals surface area contributed by atoms with E-state index in [1.165, 1.54) is 18.2 Å². The number of carbonyl (C=O) groups excluding carboxylic acids is 1. The number of nitrogens with one attached hydrogen (secondary N) is 1. The van der Waals surface area contributed by atoms with Crippen LogP contribution in [-0.4, -0.2) is 22.1 Å². The zero-order chi connectivity index (χ0) is 19.2. The van der Waals surface area contributed by atoms with Gasteiger partial charge in [0.15, 0.2) is 0 Å². The quantitative estimate of drug-likeness (QED) is 0.617. The first kappa shape index (κ1) is 18.0. The van der Waals surface area contributed by atoms with Crippen molar-refractivity contribution in [3.8, 4) is 11.5 Å². The minimum absolute atomic E-state index is 0.226. The van der Waals surface area contributed by atoms with E-state index in [1.807, 2.05) is 30.3 Å². The number of phenols is 1. The molecular formula is C21H17NO5. The van der Waals surface area contributed by atoms with E-state index >= 15 is 0 Å². The lowest BCUT2D eigenvalue weighted by atomic mass is 10.1. The highest BCUT2D eigenvalue weighted by Crippen LogP contribution is 2.22. The Kier molecular flexibility index (Phi) is 5.37. The molecule has 0 aliphatic rings. The third-order valence-electron chi connectivity index (χ3n) is 3.85. The molecule has 6 heteroatoms. The van der Waals surface area contributed by atoms with E-state index in [1.54, 1.807) is 24.3 Å². The highest BCUT2D eigenvalue weighted by Gasteiger charge is 2.12. The number of para-hydroxylation sites is 1. The topological polar surface area (TPSA) is 95.9 Å². The molecule has 27 heavy (non-hydrogen) atoms. The van der Waals surface area contributed by atoms with Gasteiger partial charge < -0.3 is 20.3 Å². The number of anilines is 1. The number of carboxylic acids is 1. The SMILES string of the molecule is O=C(Nc1ccc(C(=O)O)c(O)c1)c1ccc(COc2ccccc2)cc1. The minimum atomic E-state index is -1.24. The maximum absolute atomic E-state index is 12.3. The van der Waals surface area contributed by atoms with Crippen LogP contribution in [0, 0.1) is 0 Å². The summed E-state index contributed by atoms with van der Waals surface area (Å²) < 4.78 is 5.66. The summed E-state index contributed by atoms with van der Waals surface area (Å²) in [7, 11) is 0. The summed E-state index contributed by atoms with van der Waals surface area (Å²) in [4.78, 5) is 23.2. The molecule has 0 spiro atoms. The van der Waals surface area contributed by atoms with Gasteiger partial charge in [0.2, 0.25) is 0 Å². The van der Waals surface area contributed by atoms with E-state index in [9.17, 15) is 14.7 Å². The van der Waals surface area contributed by atoms with Gasteiger partial charge in [-0.25, -0.2) is 4.79 Å². The second kappa shape index (κ2) is 8.05. The standard InChI is InChI=1S/C21H17NO5/c23-19-12-16(10-11-18(19)21(25)26)22-20(24)15-8-6-14(7-9-15)13-27-17-4-2-1-3-5-17/h1-12,23H,13H2,(H,22,24)(H,25,26). The fraction of sp³-hybridized carbons (Fsp3) is 0.0476. The molecule has 0 radical (unpaired) electrons. The number of amides is 1. The van der Waals surface area contributed by atoms with Crippen molar-refractivity contribution in [2.24, 2.45) is 0 Å². The van der Waals surface area contributed by atoms with E-state index in [0.717, 1.165) is 11.3 Å². The molecular weight excluding hydrogens is 346 g/mol. The molecule has 3 N–H and O–H groups in total. The summed E-state index contributed by atoms with van der Waals surface area (Å²) in [6, 6.07) is 20.2. The summed E-state index contributed by atoms with van der Waals surface area (Å²) in [6.07, 6.45) is 0. The van der Waals surface area contributed by atoms with Gasteiger partial charge in [-0.2, -0.15) is 0 Å². The van der Waals surface area contributed by atoms with Crippen LogP contribution < -0.4 is 10.1 Å². The lowest BCUT2D eigenvalue weighted by Gasteiger charge is -2.09. The maximum atomic E-state index is 12.3. The predicted octanol–water partition coefficient (Wildman–Crippen LogP) is 3.92. The number of aromatic hydroxyl groups is 1. The van der Waals surface area contributed by atoms with Crippen LogP contribution in [0.5, 0.6) is 11.5 Å². The van der Waals surface area contributed by atoms with Crippen LogP contribution in [0.25, 0.3) is 0 Å². The van der Waals surface area contributed by atoms with Crippen LogP contribution >= 0.6 is 0 Å². The number of rotatable bonds is 6. The van der Waals surface area contributed by atoms with Crippen molar-refractivity contribution in [1.29, 1.82) is 0 Å². The van der Waals surface area contributed by atoms with Gasteiger partial charge in [0, 0.05) is 17.3 Å². The highest BCUT2D eigenvalue weighted by atomic mass is 16.5. The van der Waals surface area contributed by atoms with Crippen LogP contribution in [0.3, 0.4) is 0 Å². The highest BCUT2D eigenvalue weighted by molar-refractivity contribution is 6.04. The van der Waals surface area contributed by atoms with Gasteiger partial charge in [-0.15, -0.1) is 0 Å². The predicted molar refractivity (Wildman–Crippen MR) is 100 cm³/mol. The zero-order valence-corrected chi connectivity index (χ0v) is 14.3. The van der Waals surface area contributed by atoms with Crippen LogP contribution in [0.15, 0.2) is 72.8 Å². The molecule has 3 aromatic rings. The summed E-state index contributed by atoms with van der Waals surface area (Å²) in [5.74, 6) is -1.25. The molecule has 136 valence electrons. The van der Waals surface area contributed by atoms with Gasteiger partial charge in [0.05, 0.1) is 0 Å². The Morgan fingerprint density at radius 3 is 2.26 bits per heavy atom. The molecule has 0 heterocycles. The zero-order valence-electron chi connectivity index (χ0n) is 14.3. The monoisotopic (exact) mass is 363 g/mol. The molecule has 0 aliphatic heterocycles. The molecule has 0 saturated heterocycles. The van der Waals surface area contributed by atoms with Gasteiger partial charge in [-0.1, -0.05) is 30.3 Å². The second-order valence-corrected chi connectivity index (χ2v) is 5.79. The Balaban J connectivity index is 1.62. The molecule has 1 amide bonds. The van der Waals surface area contributed by atoms with Crippen molar-refractivity contribution in [3.05, 3.63) is 89.5 Å². The normalized spacial score (nSPS) is 10.2. The molecule has 0 unspecified atom stereocenters. The average Bonchev–Trinajstić information content (AvgIpc) is 2.67. The molecule has 0 saturated carbocycles. The van der Waals surface area contributed by atoms with Crippen LogP contribution in [-0.2, 0) is 6.61 Å². The molecule has 0 aliphatic carbocycles. The van der Waals surface area contributed by atoms with Crippen LogP contribution in [0.4, 0.5) is 5.69 Å². The number of ether oxygens (including phenoxy) is 1. The lowest BCUT2D eigenvalue weighted by molar-refractivity contribution is 0.0693. The molecule has 0 bridgehead atoms. The number of hydrogen-bond acceptors (Lipinski definition) is 4. The number of hydrogen-bond donors (Lipinski definition) is 3. The van der Waals surface area contributed by atoms with E-state index in [4.69, 9.17) is 9.84 Å². The number of carboxylic acid groups (broad SMARTS) is 1. The first-order valence-corrected chi connectivity index (χ1v) is 8.17. The molecule has 3 rings (SSSR count). The van der Waals surface area contributed by atoms with Crippen molar-refractivity contribution in [2.45, 2.75) is 6.61 Å². The van der Waals surface area contributed by atoms with Gasteiger partial charge in [-0.3, -0.25) is 4.79 Å². The fourth-order valence-electron chi connectivity index (χ4n) is 2.43. The summed E-state index contributed by atoms with van der Waals surface area (Å²) in [5, 5.41) is 21.2. The van der Waals surface area contributed by atoms with Crippen molar-refractivity contribution in [2.75, 3.05) is 5.32 Å². The van der Waals surface area contributed by atoms with Crippen molar-refractivity contribution >= 4 is 17.6 Å². The Morgan fingerprint density at radius 2 is 1.63 bits per heavy atom. The first-order valence-electron chi connectivity index (χ1n) is 8.17. The molecule has 0 aromatic heterocycles. The molecule has 0 fully saturated rings. The Morgan fingerprint density at radius 1 is 0.926 bits per heavy atom.